The molecule has 2 rings (SSSR count). The average molecular weight is 293 g/mol. The molecule has 0 aromatic rings. The molecule has 1 nitrogen and oxygen atoms in total. The van der Waals surface area contributed by atoms with Crippen LogP contribution in [0.25, 0.3) is 0 Å². The van der Waals surface area contributed by atoms with E-state index in [1.54, 1.807) is 0 Å². The van der Waals surface area contributed by atoms with Gasteiger partial charge in [0.2, 0.25) is 0 Å². The summed E-state index contributed by atoms with van der Waals surface area (Å²) in [7, 11) is 0. The second kappa shape index (κ2) is 3.69. The lowest BCUT2D eigenvalue weighted by atomic mass is 9.84. The standard InChI is InChI=1S/C11H20IN/c1-9(2)10-7-11(3-4-11)5-6-13(12)8-10/h9-10H,3-8H2,1-2H3/t10-/m1/s1. The molecule has 1 aliphatic heterocycles. The molecule has 0 N–H and O–H groups in total. The fourth-order valence-electron chi connectivity index (χ4n) is 2.50. The van der Waals surface area contributed by atoms with Gasteiger partial charge in [0.25, 0.3) is 0 Å². The Hall–Kier alpha value is 0.690. The minimum Gasteiger partial charge on any atom is -0.247 e. The summed E-state index contributed by atoms with van der Waals surface area (Å²) in [6.07, 6.45) is 5.99. The first-order valence-corrected chi connectivity index (χ1v) is 6.49. The van der Waals surface area contributed by atoms with E-state index in [1.807, 2.05) is 0 Å². The maximum Gasteiger partial charge on any atom is 0.0201 e. The van der Waals surface area contributed by atoms with Gasteiger partial charge in [0.1, 0.15) is 0 Å². The first-order chi connectivity index (χ1) is 6.11. The maximum absolute atomic E-state index is 2.51. The molecule has 1 saturated heterocycles. The zero-order valence-electron chi connectivity index (χ0n) is 8.72. The Kier molecular flexibility index (Phi) is 2.90. The van der Waals surface area contributed by atoms with Gasteiger partial charge in [-0.3, -0.25) is 0 Å². The number of rotatable bonds is 1. The fraction of sp³-hybridized carbons (Fsp3) is 1.00. The van der Waals surface area contributed by atoms with Crippen LogP contribution in [0.1, 0.15) is 39.5 Å². The molecule has 0 amide bonds. The van der Waals surface area contributed by atoms with Crippen molar-refractivity contribution in [2.75, 3.05) is 13.1 Å². The predicted molar refractivity (Wildman–Crippen MR) is 64.8 cm³/mol. The maximum atomic E-state index is 2.51. The molecule has 0 bridgehead atoms. The zero-order valence-corrected chi connectivity index (χ0v) is 10.9. The number of halogens is 1. The number of hydrogen-bond acceptors (Lipinski definition) is 1. The molecule has 1 spiro atoms. The van der Waals surface area contributed by atoms with E-state index in [0.29, 0.717) is 0 Å². The van der Waals surface area contributed by atoms with Crippen molar-refractivity contribution >= 4 is 22.9 Å². The molecule has 0 aromatic carbocycles. The van der Waals surface area contributed by atoms with E-state index < -0.39 is 0 Å². The minimum atomic E-state index is 0.800. The molecule has 2 aliphatic rings. The van der Waals surface area contributed by atoms with Crippen LogP contribution < -0.4 is 0 Å². The smallest absolute Gasteiger partial charge is 0.0201 e. The first kappa shape index (κ1) is 10.2. The molecule has 0 aromatic heterocycles. The van der Waals surface area contributed by atoms with E-state index in [2.05, 4.69) is 39.8 Å². The molecule has 1 saturated carbocycles. The molecule has 76 valence electrons. The van der Waals surface area contributed by atoms with Crippen molar-refractivity contribution in [3.8, 4) is 0 Å². The molecule has 13 heavy (non-hydrogen) atoms. The third kappa shape index (κ3) is 2.38. The summed E-state index contributed by atoms with van der Waals surface area (Å²) in [5.74, 6) is 1.81. The van der Waals surface area contributed by atoms with E-state index in [4.69, 9.17) is 0 Å². The van der Waals surface area contributed by atoms with Crippen molar-refractivity contribution in [3.05, 3.63) is 0 Å². The van der Waals surface area contributed by atoms with Crippen LogP contribution in [0.2, 0.25) is 0 Å². The lowest BCUT2D eigenvalue weighted by Gasteiger charge is -2.23. The van der Waals surface area contributed by atoms with Crippen molar-refractivity contribution in [1.82, 2.24) is 3.11 Å². The summed E-state index contributed by atoms with van der Waals surface area (Å²) in [5.41, 5.74) is 0.800. The van der Waals surface area contributed by atoms with Crippen LogP contribution in [0, 0.1) is 17.3 Å². The third-order valence-electron chi connectivity index (χ3n) is 3.91. The SMILES string of the molecule is CC(C)[C@H]1CN(I)CCC2(CC2)C1. The van der Waals surface area contributed by atoms with Crippen molar-refractivity contribution in [2.24, 2.45) is 17.3 Å². The minimum absolute atomic E-state index is 0.800. The van der Waals surface area contributed by atoms with Gasteiger partial charge in [0.15, 0.2) is 0 Å². The van der Waals surface area contributed by atoms with Gasteiger partial charge in [-0.25, -0.2) is 3.11 Å². The van der Waals surface area contributed by atoms with Gasteiger partial charge >= 0.3 is 0 Å². The van der Waals surface area contributed by atoms with Gasteiger partial charge in [-0.2, -0.15) is 0 Å². The highest BCUT2D eigenvalue weighted by Gasteiger charge is 2.45. The second-order valence-corrected chi connectivity index (χ2v) is 6.69. The molecule has 1 atom stereocenters. The lowest BCUT2D eigenvalue weighted by molar-refractivity contribution is 0.288. The van der Waals surface area contributed by atoms with Crippen molar-refractivity contribution in [2.45, 2.75) is 39.5 Å². The highest BCUT2D eigenvalue weighted by atomic mass is 127. The molecule has 0 radical (unpaired) electrons. The molecular weight excluding hydrogens is 273 g/mol. The third-order valence-corrected chi connectivity index (χ3v) is 4.79. The van der Waals surface area contributed by atoms with E-state index >= 15 is 0 Å². The molecule has 1 heterocycles. The van der Waals surface area contributed by atoms with Gasteiger partial charge in [-0.05, 0) is 42.9 Å². The van der Waals surface area contributed by atoms with Gasteiger partial charge in [-0.1, -0.05) is 13.8 Å². The van der Waals surface area contributed by atoms with Crippen LogP contribution >= 0.6 is 22.9 Å². The van der Waals surface area contributed by atoms with Crippen molar-refractivity contribution in [3.63, 3.8) is 0 Å². The Morgan fingerprint density at radius 2 is 2.00 bits per heavy atom. The van der Waals surface area contributed by atoms with E-state index in [9.17, 15) is 0 Å². The molecule has 1 aliphatic carbocycles. The summed E-state index contributed by atoms with van der Waals surface area (Å²) in [6, 6.07) is 0. The number of nitrogens with zero attached hydrogens (tertiary/aromatic N) is 1. The van der Waals surface area contributed by atoms with Gasteiger partial charge < -0.3 is 0 Å². The summed E-state index contributed by atoms with van der Waals surface area (Å²) in [6.45, 7) is 7.41. The molecule has 2 heteroatoms. The Labute approximate surface area is 95.8 Å². The zero-order chi connectivity index (χ0) is 9.47. The van der Waals surface area contributed by atoms with Crippen LogP contribution in [-0.4, -0.2) is 16.2 Å². The summed E-state index contributed by atoms with van der Waals surface area (Å²) < 4.78 is 2.51. The number of hydrogen-bond donors (Lipinski definition) is 0. The van der Waals surface area contributed by atoms with Crippen molar-refractivity contribution in [1.29, 1.82) is 0 Å². The van der Waals surface area contributed by atoms with Crippen LogP contribution in [0.4, 0.5) is 0 Å². The quantitative estimate of drug-likeness (QED) is 0.528. The Bertz CT molecular complexity index is 187. The Morgan fingerprint density at radius 3 is 2.54 bits per heavy atom. The van der Waals surface area contributed by atoms with Crippen LogP contribution in [0.5, 0.6) is 0 Å². The van der Waals surface area contributed by atoms with E-state index in [1.165, 1.54) is 38.8 Å². The van der Waals surface area contributed by atoms with Crippen molar-refractivity contribution < 1.29 is 0 Å². The second-order valence-electron chi connectivity index (χ2n) is 5.33. The molecule has 0 unspecified atom stereocenters. The first-order valence-electron chi connectivity index (χ1n) is 5.52. The Balaban J connectivity index is 2.01. The normalized spacial score (nSPS) is 33.7. The van der Waals surface area contributed by atoms with Gasteiger partial charge in [0.05, 0.1) is 0 Å². The summed E-state index contributed by atoms with van der Waals surface area (Å²) >= 11 is 2.51. The lowest BCUT2D eigenvalue weighted by Crippen LogP contribution is -2.22. The highest BCUT2D eigenvalue weighted by Crippen LogP contribution is 2.55. The monoisotopic (exact) mass is 293 g/mol. The average Bonchev–Trinajstić information content (AvgIpc) is 2.82. The van der Waals surface area contributed by atoms with E-state index in [-0.39, 0.29) is 0 Å². The highest BCUT2D eigenvalue weighted by molar-refractivity contribution is 14.1. The van der Waals surface area contributed by atoms with Crippen LogP contribution in [-0.2, 0) is 0 Å². The summed E-state index contributed by atoms with van der Waals surface area (Å²) in [5, 5.41) is 0. The van der Waals surface area contributed by atoms with Crippen LogP contribution in [0.15, 0.2) is 0 Å². The fourth-order valence-corrected chi connectivity index (χ4v) is 3.25. The van der Waals surface area contributed by atoms with E-state index in [0.717, 1.165) is 17.3 Å². The molecular formula is C11H20IN. The van der Waals surface area contributed by atoms with Gasteiger partial charge in [-0.15, -0.1) is 0 Å². The van der Waals surface area contributed by atoms with Gasteiger partial charge in [0, 0.05) is 36.0 Å². The molecule has 2 fully saturated rings. The topological polar surface area (TPSA) is 3.24 Å². The predicted octanol–water partition coefficient (Wildman–Crippen LogP) is 3.48. The van der Waals surface area contributed by atoms with Crippen LogP contribution in [0.3, 0.4) is 0 Å². The largest absolute Gasteiger partial charge is 0.247 e. The Morgan fingerprint density at radius 1 is 1.31 bits per heavy atom. The summed E-state index contributed by atoms with van der Waals surface area (Å²) in [4.78, 5) is 0.